The Bertz CT molecular complexity index is 1210. The van der Waals surface area contributed by atoms with Crippen LogP contribution in [0, 0.1) is 17.5 Å². The van der Waals surface area contributed by atoms with Crippen LogP contribution in [0.3, 0.4) is 0 Å². The summed E-state index contributed by atoms with van der Waals surface area (Å²) in [7, 11) is 0. The molecule has 0 atom stereocenters. The van der Waals surface area contributed by atoms with Crippen molar-refractivity contribution in [1.82, 2.24) is 9.80 Å². The van der Waals surface area contributed by atoms with Gasteiger partial charge in [-0.05, 0) is 35.9 Å². The minimum atomic E-state index is -1.32. The molecular weight excluding hydrogens is 455 g/mol. The number of hydrogen-bond acceptors (Lipinski definition) is 4. The van der Waals surface area contributed by atoms with Crippen LogP contribution >= 0.6 is 0 Å². The van der Waals surface area contributed by atoms with E-state index in [4.69, 9.17) is 4.74 Å². The summed E-state index contributed by atoms with van der Waals surface area (Å²) in [6.07, 6.45) is 0. The number of ether oxygens (including phenoxy) is 1. The Morgan fingerprint density at radius 2 is 1.57 bits per heavy atom. The van der Waals surface area contributed by atoms with Gasteiger partial charge in [-0.3, -0.25) is 9.69 Å². The lowest BCUT2D eigenvalue weighted by Gasteiger charge is -2.36. The normalized spacial score (nSPS) is 16.4. The first kappa shape index (κ1) is 23.2. The molecule has 3 aromatic rings. The SMILES string of the molecule is O=C(c1cc(F)c(F)cc1F)N1CCOc2ccc(CN3CCN(c4ccccc4)CC3)cc2C1. The summed E-state index contributed by atoms with van der Waals surface area (Å²) in [4.78, 5) is 19.1. The zero-order valence-corrected chi connectivity index (χ0v) is 19.2. The van der Waals surface area contributed by atoms with E-state index < -0.39 is 28.9 Å². The molecule has 0 spiro atoms. The summed E-state index contributed by atoms with van der Waals surface area (Å²) in [5.74, 6) is -3.68. The number of nitrogens with zero attached hydrogens (tertiary/aromatic N) is 3. The summed E-state index contributed by atoms with van der Waals surface area (Å²) in [5, 5.41) is 0. The topological polar surface area (TPSA) is 36.0 Å². The Morgan fingerprint density at radius 1 is 0.829 bits per heavy atom. The maximum atomic E-state index is 14.2. The van der Waals surface area contributed by atoms with E-state index in [0.717, 1.165) is 43.9 Å². The van der Waals surface area contributed by atoms with Crippen molar-refractivity contribution in [2.75, 3.05) is 44.2 Å². The molecule has 5 rings (SSSR count). The highest BCUT2D eigenvalue weighted by Crippen LogP contribution is 2.27. The molecule has 0 radical (unpaired) electrons. The highest BCUT2D eigenvalue weighted by molar-refractivity contribution is 5.94. The van der Waals surface area contributed by atoms with Crippen LogP contribution in [0.1, 0.15) is 21.5 Å². The molecule has 5 nitrogen and oxygen atoms in total. The zero-order valence-electron chi connectivity index (χ0n) is 19.2. The van der Waals surface area contributed by atoms with Crippen molar-refractivity contribution in [1.29, 1.82) is 0 Å². The Hall–Kier alpha value is -3.52. The van der Waals surface area contributed by atoms with E-state index in [9.17, 15) is 18.0 Å². The van der Waals surface area contributed by atoms with Crippen molar-refractivity contribution >= 4 is 11.6 Å². The fraction of sp³-hybridized carbons (Fsp3) is 0.296. The monoisotopic (exact) mass is 481 g/mol. The molecular formula is C27H26F3N3O2. The number of halogens is 3. The van der Waals surface area contributed by atoms with Gasteiger partial charge in [-0.25, -0.2) is 13.2 Å². The van der Waals surface area contributed by atoms with Gasteiger partial charge in [-0.2, -0.15) is 0 Å². The lowest BCUT2D eigenvalue weighted by molar-refractivity contribution is 0.0727. The van der Waals surface area contributed by atoms with Crippen LogP contribution in [-0.4, -0.2) is 55.0 Å². The minimum absolute atomic E-state index is 0.197. The molecule has 1 fully saturated rings. The third-order valence-corrected chi connectivity index (χ3v) is 6.53. The molecule has 2 heterocycles. The first-order chi connectivity index (χ1) is 17.0. The molecule has 35 heavy (non-hydrogen) atoms. The van der Waals surface area contributed by atoms with Gasteiger partial charge in [0.15, 0.2) is 11.6 Å². The van der Waals surface area contributed by atoms with Crippen LogP contribution < -0.4 is 9.64 Å². The van der Waals surface area contributed by atoms with E-state index in [-0.39, 0.29) is 19.7 Å². The second kappa shape index (κ2) is 10.00. The highest BCUT2D eigenvalue weighted by atomic mass is 19.2. The second-order valence-electron chi connectivity index (χ2n) is 8.86. The quantitative estimate of drug-likeness (QED) is 0.516. The van der Waals surface area contributed by atoms with Gasteiger partial charge in [0.25, 0.3) is 5.91 Å². The standard InChI is InChI=1S/C27H26F3N3O2/c28-23-16-25(30)24(29)15-22(23)27(34)33-12-13-35-26-7-6-19(14-20(26)18-33)17-31-8-10-32(11-9-31)21-4-2-1-3-5-21/h1-7,14-16H,8-13,17-18H2. The summed E-state index contributed by atoms with van der Waals surface area (Å²) in [5.41, 5.74) is 2.64. The molecule has 0 unspecified atom stereocenters. The first-order valence-electron chi connectivity index (χ1n) is 11.7. The number of carbonyl (C=O) groups is 1. The number of amides is 1. The summed E-state index contributed by atoms with van der Waals surface area (Å²) in [6.45, 7) is 5.16. The lowest BCUT2D eigenvalue weighted by atomic mass is 10.1. The van der Waals surface area contributed by atoms with Crippen molar-refractivity contribution in [3.8, 4) is 5.75 Å². The van der Waals surface area contributed by atoms with Crippen LogP contribution in [0.15, 0.2) is 60.7 Å². The number of carbonyl (C=O) groups excluding carboxylic acids is 1. The molecule has 0 saturated carbocycles. The van der Waals surface area contributed by atoms with Gasteiger partial charge in [-0.15, -0.1) is 0 Å². The largest absolute Gasteiger partial charge is 0.491 e. The lowest BCUT2D eigenvalue weighted by Crippen LogP contribution is -2.45. The molecule has 0 N–H and O–H groups in total. The van der Waals surface area contributed by atoms with Crippen LogP contribution in [0.25, 0.3) is 0 Å². The van der Waals surface area contributed by atoms with Gasteiger partial charge >= 0.3 is 0 Å². The van der Waals surface area contributed by atoms with Gasteiger partial charge in [0.05, 0.1) is 12.1 Å². The predicted octanol–water partition coefficient (Wildman–Crippen LogP) is 4.46. The minimum Gasteiger partial charge on any atom is -0.491 e. The summed E-state index contributed by atoms with van der Waals surface area (Å²) < 4.78 is 47.0. The van der Waals surface area contributed by atoms with Gasteiger partial charge in [0.1, 0.15) is 18.2 Å². The first-order valence-corrected chi connectivity index (χ1v) is 11.7. The van der Waals surface area contributed by atoms with Crippen LogP contribution in [0.5, 0.6) is 5.75 Å². The van der Waals surface area contributed by atoms with Gasteiger partial charge in [0.2, 0.25) is 0 Å². The average Bonchev–Trinajstić information content (AvgIpc) is 3.09. The third kappa shape index (κ3) is 5.12. The Labute approximate surface area is 202 Å². The van der Waals surface area contributed by atoms with Gasteiger partial charge in [0, 0.05) is 56.6 Å². The van der Waals surface area contributed by atoms with E-state index in [1.807, 2.05) is 24.3 Å². The molecule has 1 amide bonds. The molecule has 2 aliphatic rings. The molecule has 182 valence electrons. The molecule has 0 bridgehead atoms. The second-order valence-corrected chi connectivity index (χ2v) is 8.86. The molecule has 2 aliphatic heterocycles. The third-order valence-electron chi connectivity index (χ3n) is 6.53. The molecule has 0 aliphatic carbocycles. The number of hydrogen-bond donors (Lipinski definition) is 0. The number of fused-ring (bicyclic) bond motifs is 1. The smallest absolute Gasteiger partial charge is 0.257 e. The Balaban J connectivity index is 1.26. The Morgan fingerprint density at radius 3 is 2.34 bits per heavy atom. The number of para-hydroxylation sites is 1. The van der Waals surface area contributed by atoms with Crippen LogP contribution in [0.4, 0.5) is 18.9 Å². The maximum Gasteiger partial charge on any atom is 0.257 e. The van der Waals surface area contributed by atoms with Crippen molar-refractivity contribution in [3.63, 3.8) is 0 Å². The van der Waals surface area contributed by atoms with Crippen molar-refractivity contribution in [3.05, 3.63) is 94.8 Å². The average molecular weight is 482 g/mol. The molecule has 1 saturated heterocycles. The summed E-state index contributed by atoms with van der Waals surface area (Å²) >= 11 is 0. The number of piperazine rings is 1. The molecule has 0 aromatic heterocycles. The van der Waals surface area contributed by atoms with Crippen LogP contribution in [-0.2, 0) is 13.1 Å². The zero-order chi connectivity index (χ0) is 24.4. The van der Waals surface area contributed by atoms with Gasteiger partial charge in [-0.1, -0.05) is 24.3 Å². The number of anilines is 1. The highest BCUT2D eigenvalue weighted by Gasteiger charge is 2.25. The van der Waals surface area contributed by atoms with E-state index >= 15 is 0 Å². The fourth-order valence-electron chi connectivity index (χ4n) is 4.64. The number of benzene rings is 3. The van der Waals surface area contributed by atoms with E-state index in [1.54, 1.807) is 0 Å². The summed E-state index contributed by atoms with van der Waals surface area (Å²) in [6, 6.07) is 17.3. The fourth-order valence-corrected chi connectivity index (χ4v) is 4.64. The molecule has 3 aromatic carbocycles. The van der Waals surface area contributed by atoms with E-state index in [0.29, 0.717) is 17.9 Å². The maximum absolute atomic E-state index is 14.2. The molecule has 8 heteroatoms. The van der Waals surface area contributed by atoms with Crippen molar-refractivity contribution in [2.45, 2.75) is 13.1 Å². The van der Waals surface area contributed by atoms with Gasteiger partial charge < -0.3 is 14.5 Å². The van der Waals surface area contributed by atoms with Crippen LogP contribution in [0.2, 0.25) is 0 Å². The van der Waals surface area contributed by atoms with E-state index in [1.165, 1.54) is 10.6 Å². The Kier molecular flexibility index (Phi) is 6.63. The van der Waals surface area contributed by atoms with Crippen molar-refractivity contribution < 1.29 is 22.7 Å². The van der Waals surface area contributed by atoms with E-state index in [2.05, 4.69) is 34.1 Å². The predicted molar refractivity (Wildman–Crippen MR) is 127 cm³/mol. The number of rotatable bonds is 4. The van der Waals surface area contributed by atoms with Crippen molar-refractivity contribution in [2.24, 2.45) is 0 Å².